The van der Waals surface area contributed by atoms with E-state index in [2.05, 4.69) is 24.8 Å². The zero-order chi connectivity index (χ0) is 17.5. The fraction of sp³-hybridized carbons (Fsp3) is 0.750. The average molecular weight is 334 g/mol. The Balaban J connectivity index is 1.89. The van der Waals surface area contributed by atoms with Crippen LogP contribution < -0.4 is 0 Å². The highest BCUT2D eigenvalue weighted by Gasteiger charge is 2.46. The lowest BCUT2D eigenvalue weighted by atomic mass is 9.57. The summed E-state index contributed by atoms with van der Waals surface area (Å²) >= 11 is 0. The van der Waals surface area contributed by atoms with Crippen LogP contribution in [0.25, 0.3) is 0 Å². The zero-order valence-electron chi connectivity index (χ0n) is 14.6. The van der Waals surface area contributed by atoms with Gasteiger partial charge in [-0.3, -0.25) is 4.79 Å². The fourth-order valence-electron chi connectivity index (χ4n) is 3.94. The van der Waals surface area contributed by atoms with Crippen LogP contribution in [-0.4, -0.2) is 33.5 Å². The molecule has 0 aliphatic heterocycles. The molecular weight excluding hydrogens is 304 g/mol. The van der Waals surface area contributed by atoms with E-state index in [-0.39, 0.29) is 12.3 Å². The molecule has 24 heavy (non-hydrogen) atoms. The molecule has 2 aliphatic carbocycles. The van der Waals surface area contributed by atoms with Crippen LogP contribution in [0.1, 0.15) is 64.7 Å². The second-order valence-corrected chi connectivity index (χ2v) is 7.16. The van der Waals surface area contributed by atoms with Crippen molar-refractivity contribution in [2.24, 2.45) is 17.8 Å². The molecule has 2 aliphatic rings. The fourth-order valence-corrected chi connectivity index (χ4v) is 3.94. The molecule has 0 aromatic rings. The van der Waals surface area contributed by atoms with Gasteiger partial charge in [0.1, 0.15) is 6.10 Å². The number of hydrogen-bond acceptors (Lipinski definition) is 3. The Morgan fingerprint density at radius 1 is 1.38 bits per heavy atom. The van der Waals surface area contributed by atoms with Crippen LogP contribution in [0.2, 0.25) is 0 Å². The van der Waals surface area contributed by atoms with Crippen LogP contribution in [-0.2, 0) is 4.79 Å². The summed E-state index contributed by atoms with van der Waals surface area (Å²) in [5, 5.41) is 29.0. The number of aliphatic hydroxyl groups excluding tert-OH is 2. The number of aliphatic carboxylic acids is 1. The predicted octanol–water partition coefficient (Wildman–Crippen LogP) is 3.13. The molecule has 3 N–H and O–H groups in total. The van der Waals surface area contributed by atoms with E-state index in [9.17, 15) is 15.0 Å². The highest BCUT2D eigenvalue weighted by Crippen LogP contribution is 2.51. The molecule has 0 saturated heterocycles. The molecule has 0 radical (unpaired) electrons. The van der Waals surface area contributed by atoms with Crippen molar-refractivity contribution in [1.82, 2.24) is 0 Å². The summed E-state index contributed by atoms with van der Waals surface area (Å²) in [6.07, 6.45) is 8.38. The van der Waals surface area contributed by atoms with Gasteiger partial charge in [-0.2, -0.15) is 0 Å². The summed E-state index contributed by atoms with van der Waals surface area (Å²) in [6.45, 7) is 2.13. The van der Waals surface area contributed by atoms with Crippen LogP contribution in [0.4, 0.5) is 0 Å². The number of aliphatic hydroxyl groups is 2. The molecule has 1 unspecified atom stereocenters. The van der Waals surface area contributed by atoms with Gasteiger partial charge in [0.05, 0.1) is 12.0 Å². The Morgan fingerprint density at radius 3 is 2.88 bits per heavy atom. The van der Waals surface area contributed by atoms with E-state index in [4.69, 9.17) is 5.11 Å². The van der Waals surface area contributed by atoms with Gasteiger partial charge in [0.2, 0.25) is 0 Å². The van der Waals surface area contributed by atoms with Gasteiger partial charge in [-0.05, 0) is 50.4 Å². The molecule has 0 aromatic heterocycles. The van der Waals surface area contributed by atoms with Crippen molar-refractivity contribution in [3.05, 3.63) is 11.6 Å². The third-order valence-electron chi connectivity index (χ3n) is 5.38. The summed E-state index contributed by atoms with van der Waals surface area (Å²) in [4.78, 5) is 10.6. The Morgan fingerprint density at radius 2 is 2.17 bits per heavy atom. The lowest BCUT2D eigenvalue weighted by Crippen LogP contribution is -2.44. The average Bonchev–Trinajstić information content (AvgIpc) is 2.51. The van der Waals surface area contributed by atoms with Crippen molar-refractivity contribution in [1.29, 1.82) is 0 Å². The number of carboxylic acids is 1. The predicted molar refractivity (Wildman–Crippen MR) is 93.2 cm³/mol. The van der Waals surface area contributed by atoms with Crippen molar-refractivity contribution in [2.75, 3.05) is 0 Å². The standard InChI is InChI=1S/C20H30O4/c1-2-3-4-7-15(21)9-10-17-18-13-14(6-5-8-20(23)24)16(18)11-12-19(17)22/h6,15-19,21-22H,2-5,7-8,11-13H2,1H3,(H,23,24)/b14-6-/t15?,16-,17-,18+,19-/m0/s1. The third kappa shape index (κ3) is 5.09. The largest absolute Gasteiger partial charge is 0.481 e. The second-order valence-electron chi connectivity index (χ2n) is 7.16. The third-order valence-corrected chi connectivity index (χ3v) is 5.38. The molecule has 0 amide bonds. The Hall–Kier alpha value is -1.31. The van der Waals surface area contributed by atoms with Gasteiger partial charge >= 0.3 is 5.97 Å². The maximum absolute atomic E-state index is 10.6. The lowest BCUT2D eigenvalue weighted by molar-refractivity contribution is -0.136. The Labute approximate surface area is 145 Å². The van der Waals surface area contributed by atoms with Crippen LogP contribution in [0.3, 0.4) is 0 Å². The van der Waals surface area contributed by atoms with Crippen LogP contribution in [0, 0.1) is 29.6 Å². The molecule has 0 heterocycles. The summed E-state index contributed by atoms with van der Waals surface area (Å²) in [6, 6.07) is 0. The van der Waals surface area contributed by atoms with Gasteiger partial charge in [0.25, 0.3) is 0 Å². The van der Waals surface area contributed by atoms with E-state index < -0.39 is 18.2 Å². The lowest BCUT2D eigenvalue weighted by Gasteiger charge is -2.48. The van der Waals surface area contributed by atoms with Crippen LogP contribution in [0.5, 0.6) is 0 Å². The summed E-state index contributed by atoms with van der Waals surface area (Å²) in [7, 11) is 0. The van der Waals surface area contributed by atoms with E-state index in [0.29, 0.717) is 24.7 Å². The van der Waals surface area contributed by atoms with Crippen molar-refractivity contribution in [3.63, 3.8) is 0 Å². The Bertz CT molecular complexity index is 513. The molecule has 0 aromatic carbocycles. The molecule has 0 spiro atoms. The minimum absolute atomic E-state index is 0.0544. The van der Waals surface area contributed by atoms with E-state index in [1.54, 1.807) is 0 Å². The topological polar surface area (TPSA) is 77.8 Å². The second kappa shape index (κ2) is 9.25. The molecule has 4 heteroatoms. The maximum Gasteiger partial charge on any atom is 0.303 e. The van der Waals surface area contributed by atoms with E-state index in [0.717, 1.165) is 38.5 Å². The SMILES string of the molecule is CCCCCC(O)C#C[C@H]1[C@@H]2C/C(=C/CCC(=O)O)[C@@H]2CC[C@@H]1O. The first-order valence-corrected chi connectivity index (χ1v) is 9.30. The molecule has 2 rings (SSSR count). The van der Waals surface area contributed by atoms with Crippen molar-refractivity contribution in [3.8, 4) is 11.8 Å². The first-order chi connectivity index (χ1) is 11.5. The first kappa shape index (κ1) is 19.0. The van der Waals surface area contributed by atoms with E-state index in [1.807, 2.05) is 0 Å². The van der Waals surface area contributed by atoms with Crippen LogP contribution >= 0.6 is 0 Å². The molecule has 2 saturated carbocycles. The number of allylic oxidation sites excluding steroid dienone is 2. The van der Waals surface area contributed by atoms with Crippen molar-refractivity contribution < 1.29 is 20.1 Å². The molecule has 134 valence electrons. The number of hydrogen-bond donors (Lipinski definition) is 3. The highest BCUT2D eigenvalue weighted by atomic mass is 16.4. The summed E-state index contributed by atoms with van der Waals surface area (Å²) in [5.74, 6) is 6.09. The number of fused-ring (bicyclic) bond motifs is 1. The number of carbonyl (C=O) groups is 1. The zero-order valence-corrected chi connectivity index (χ0v) is 14.6. The minimum atomic E-state index is -0.761. The first-order valence-electron chi connectivity index (χ1n) is 9.30. The summed E-state index contributed by atoms with van der Waals surface area (Å²) < 4.78 is 0. The van der Waals surface area contributed by atoms with Gasteiger partial charge in [0, 0.05) is 6.42 Å². The molecular formula is C20H30O4. The molecule has 2 fully saturated rings. The molecule has 5 atom stereocenters. The minimum Gasteiger partial charge on any atom is -0.481 e. The molecule has 4 nitrogen and oxygen atoms in total. The van der Waals surface area contributed by atoms with Gasteiger partial charge in [-0.25, -0.2) is 0 Å². The monoisotopic (exact) mass is 334 g/mol. The Kier molecular flexibility index (Phi) is 7.33. The number of unbranched alkanes of at least 4 members (excludes halogenated alkanes) is 2. The van der Waals surface area contributed by atoms with E-state index >= 15 is 0 Å². The highest BCUT2D eigenvalue weighted by molar-refractivity contribution is 5.66. The van der Waals surface area contributed by atoms with Gasteiger partial charge in [-0.15, -0.1) is 0 Å². The van der Waals surface area contributed by atoms with Crippen molar-refractivity contribution >= 4 is 5.97 Å². The number of carboxylic acid groups (broad SMARTS) is 1. The maximum atomic E-state index is 10.6. The van der Waals surface area contributed by atoms with Crippen molar-refractivity contribution in [2.45, 2.75) is 76.9 Å². The van der Waals surface area contributed by atoms with E-state index in [1.165, 1.54) is 5.57 Å². The van der Waals surface area contributed by atoms with Crippen LogP contribution in [0.15, 0.2) is 11.6 Å². The number of rotatable bonds is 7. The smallest absolute Gasteiger partial charge is 0.303 e. The normalized spacial score (nSPS) is 31.5. The quantitative estimate of drug-likeness (QED) is 0.380. The summed E-state index contributed by atoms with van der Waals surface area (Å²) in [5.41, 5.74) is 1.34. The van der Waals surface area contributed by atoms with Gasteiger partial charge in [0.15, 0.2) is 0 Å². The van der Waals surface area contributed by atoms with Gasteiger partial charge < -0.3 is 15.3 Å². The van der Waals surface area contributed by atoms with Gasteiger partial charge in [-0.1, -0.05) is 43.3 Å². The molecule has 0 bridgehead atoms.